The summed E-state index contributed by atoms with van der Waals surface area (Å²) in [6.07, 6.45) is -3.58. The van der Waals surface area contributed by atoms with Crippen LogP contribution < -0.4 is 5.32 Å². The molecule has 0 unspecified atom stereocenters. The van der Waals surface area contributed by atoms with Gasteiger partial charge in [0, 0.05) is 31.1 Å². The van der Waals surface area contributed by atoms with Crippen molar-refractivity contribution in [2.45, 2.75) is 31.1 Å². The normalized spacial score (nSPS) is 11.4. The molecule has 0 radical (unpaired) electrons. The zero-order valence-corrected chi connectivity index (χ0v) is 18.0. The summed E-state index contributed by atoms with van der Waals surface area (Å²) in [5, 5.41) is 11.3. The van der Waals surface area contributed by atoms with Crippen molar-refractivity contribution in [2.24, 2.45) is 0 Å². The molecule has 1 heterocycles. The first-order chi connectivity index (χ1) is 15.3. The van der Waals surface area contributed by atoms with Crippen LogP contribution in [0.1, 0.15) is 35.1 Å². The van der Waals surface area contributed by atoms with Crippen LogP contribution in [-0.2, 0) is 17.4 Å². The SMILES string of the molecule is CC(=O)NCCCc1nnc(SCC(=O)c2ccccc2)n1-c1cccc(C(F)(F)F)c1. The van der Waals surface area contributed by atoms with Gasteiger partial charge in [0.25, 0.3) is 0 Å². The third-order valence-electron chi connectivity index (χ3n) is 4.51. The first-order valence-corrected chi connectivity index (χ1v) is 10.8. The van der Waals surface area contributed by atoms with Crippen molar-refractivity contribution in [2.75, 3.05) is 12.3 Å². The summed E-state index contributed by atoms with van der Waals surface area (Å²) in [5.74, 6) is 0.221. The number of rotatable bonds is 9. The van der Waals surface area contributed by atoms with E-state index in [2.05, 4.69) is 15.5 Å². The number of thioether (sulfide) groups is 1. The third kappa shape index (κ3) is 6.19. The van der Waals surface area contributed by atoms with Gasteiger partial charge in [-0.1, -0.05) is 48.2 Å². The average Bonchev–Trinajstić information content (AvgIpc) is 3.17. The Bertz CT molecular complexity index is 1080. The Hall–Kier alpha value is -3.14. The minimum absolute atomic E-state index is 0.0625. The molecule has 1 N–H and O–H groups in total. The summed E-state index contributed by atoms with van der Waals surface area (Å²) >= 11 is 1.11. The van der Waals surface area contributed by atoms with Crippen molar-refractivity contribution in [1.29, 1.82) is 0 Å². The zero-order chi connectivity index (χ0) is 23.1. The van der Waals surface area contributed by atoms with Gasteiger partial charge in [-0.15, -0.1) is 10.2 Å². The monoisotopic (exact) mass is 462 g/mol. The molecule has 0 atom stereocenters. The summed E-state index contributed by atoms with van der Waals surface area (Å²) in [6, 6.07) is 13.6. The van der Waals surface area contributed by atoms with Gasteiger partial charge in [0.15, 0.2) is 10.9 Å². The molecule has 3 aromatic rings. The van der Waals surface area contributed by atoms with Crippen LogP contribution in [-0.4, -0.2) is 38.8 Å². The van der Waals surface area contributed by atoms with Gasteiger partial charge in [0.05, 0.1) is 11.3 Å². The van der Waals surface area contributed by atoms with Gasteiger partial charge in [-0.05, 0) is 24.6 Å². The maximum absolute atomic E-state index is 13.2. The number of carbonyl (C=O) groups is 2. The number of nitrogens with zero attached hydrogens (tertiary/aromatic N) is 3. The fraction of sp³-hybridized carbons (Fsp3) is 0.273. The molecule has 0 aliphatic carbocycles. The van der Waals surface area contributed by atoms with Crippen LogP contribution in [0.2, 0.25) is 0 Å². The van der Waals surface area contributed by atoms with Crippen LogP contribution in [0.25, 0.3) is 5.69 Å². The van der Waals surface area contributed by atoms with E-state index in [4.69, 9.17) is 0 Å². The number of hydrogen-bond donors (Lipinski definition) is 1. The molecule has 3 rings (SSSR count). The first-order valence-electron chi connectivity index (χ1n) is 9.83. The van der Waals surface area contributed by atoms with Crippen molar-refractivity contribution in [3.8, 4) is 5.69 Å². The van der Waals surface area contributed by atoms with Crippen LogP contribution in [0.15, 0.2) is 59.8 Å². The maximum atomic E-state index is 13.2. The molecule has 0 aliphatic heterocycles. The van der Waals surface area contributed by atoms with Gasteiger partial charge < -0.3 is 5.32 Å². The molecule has 0 aliphatic rings. The summed E-state index contributed by atoms with van der Waals surface area (Å²) in [7, 11) is 0. The van der Waals surface area contributed by atoms with E-state index in [1.807, 2.05) is 0 Å². The molecule has 32 heavy (non-hydrogen) atoms. The minimum atomic E-state index is -4.49. The molecular weight excluding hydrogens is 441 g/mol. The van der Waals surface area contributed by atoms with Crippen molar-refractivity contribution in [3.63, 3.8) is 0 Å². The van der Waals surface area contributed by atoms with Crippen molar-refractivity contribution >= 4 is 23.5 Å². The second-order valence-electron chi connectivity index (χ2n) is 6.95. The maximum Gasteiger partial charge on any atom is 0.416 e. The van der Waals surface area contributed by atoms with Crippen LogP contribution in [0.4, 0.5) is 13.2 Å². The van der Waals surface area contributed by atoms with E-state index in [1.54, 1.807) is 36.4 Å². The van der Waals surface area contributed by atoms with Crippen LogP contribution in [0, 0.1) is 0 Å². The molecule has 0 saturated heterocycles. The second kappa shape index (κ2) is 10.4. The number of aryl methyl sites for hydroxylation is 1. The Balaban J connectivity index is 1.86. The molecule has 6 nitrogen and oxygen atoms in total. The molecule has 168 valence electrons. The van der Waals surface area contributed by atoms with Crippen molar-refractivity contribution < 1.29 is 22.8 Å². The second-order valence-corrected chi connectivity index (χ2v) is 7.89. The van der Waals surface area contributed by atoms with E-state index in [0.717, 1.165) is 23.9 Å². The Morgan fingerprint density at radius 2 is 1.81 bits per heavy atom. The Kier molecular flexibility index (Phi) is 7.68. The molecular formula is C22H21F3N4O2S. The lowest BCUT2D eigenvalue weighted by atomic mass is 10.2. The molecule has 0 fully saturated rings. The number of amides is 1. The van der Waals surface area contributed by atoms with Crippen LogP contribution in [0.3, 0.4) is 0 Å². The number of nitrogens with one attached hydrogen (secondary N) is 1. The Labute approximate surface area is 187 Å². The summed E-state index contributed by atoms with van der Waals surface area (Å²) in [6.45, 7) is 1.81. The molecule has 0 bridgehead atoms. The van der Waals surface area contributed by atoms with Crippen LogP contribution >= 0.6 is 11.8 Å². The number of alkyl halides is 3. The van der Waals surface area contributed by atoms with Crippen molar-refractivity contribution in [3.05, 3.63) is 71.5 Å². The fourth-order valence-electron chi connectivity index (χ4n) is 2.98. The number of ketones is 1. The lowest BCUT2D eigenvalue weighted by Gasteiger charge is -2.13. The highest BCUT2D eigenvalue weighted by Gasteiger charge is 2.31. The highest BCUT2D eigenvalue weighted by molar-refractivity contribution is 7.99. The molecule has 0 spiro atoms. The lowest BCUT2D eigenvalue weighted by molar-refractivity contribution is -0.137. The summed E-state index contributed by atoms with van der Waals surface area (Å²) in [5.41, 5.74) is 0.0129. The van der Waals surface area contributed by atoms with E-state index < -0.39 is 11.7 Å². The van der Waals surface area contributed by atoms with Gasteiger partial charge in [-0.3, -0.25) is 14.2 Å². The largest absolute Gasteiger partial charge is 0.416 e. The van der Waals surface area contributed by atoms with Crippen molar-refractivity contribution in [1.82, 2.24) is 20.1 Å². The quantitative estimate of drug-likeness (QED) is 0.291. The van der Waals surface area contributed by atoms with Gasteiger partial charge >= 0.3 is 6.18 Å². The number of hydrogen-bond acceptors (Lipinski definition) is 5. The smallest absolute Gasteiger partial charge is 0.356 e. The van der Waals surface area contributed by atoms with Gasteiger partial charge in [0.1, 0.15) is 5.82 Å². The van der Waals surface area contributed by atoms with E-state index in [0.29, 0.717) is 35.9 Å². The van der Waals surface area contributed by atoms with Gasteiger partial charge in [-0.2, -0.15) is 13.2 Å². The number of benzene rings is 2. The molecule has 0 saturated carbocycles. The number of halogens is 3. The molecule has 2 aromatic carbocycles. The molecule has 1 amide bonds. The zero-order valence-electron chi connectivity index (χ0n) is 17.2. The minimum Gasteiger partial charge on any atom is -0.356 e. The highest BCUT2D eigenvalue weighted by Crippen LogP contribution is 2.32. The van der Waals surface area contributed by atoms with Gasteiger partial charge in [-0.25, -0.2) is 0 Å². The molecule has 1 aromatic heterocycles. The number of aromatic nitrogens is 3. The predicted molar refractivity (Wildman–Crippen MR) is 115 cm³/mol. The standard InChI is InChI=1S/C22H21F3N4O2S/c1-15(30)26-12-6-11-20-27-28-21(32-14-19(31)16-7-3-2-4-8-16)29(20)18-10-5-9-17(13-18)22(23,24)25/h2-5,7-10,13H,6,11-12,14H2,1H3,(H,26,30). The summed E-state index contributed by atoms with van der Waals surface area (Å²) < 4.78 is 41.3. The van der Waals surface area contributed by atoms with Crippen LogP contribution in [0.5, 0.6) is 0 Å². The predicted octanol–water partition coefficient (Wildman–Crippen LogP) is 4.33. The van der Waals surface area contributed by atoms with E-state index in [9.17, 15) is 22.8 Å². The number of Topliss-reactive ketones (excluding diaryl/α,β-unsaturated/α-hetero) is 1. The molecule has 10 heteroatoms. The van der Waals surface area contributed by atoms with E-state index >= 15 is 0 Å². The lowest BCUT2D eigenvalue weighted by Crippen LogP contribution is -2.21. The fourth-order valence-corrected chi connectivity index (χ4v) is 3.85. The number of carbonyl (C=O) groups excluding carboxylic acids is 2. The first kappa shape index (κ1) is 23.5. The Morgan fingerprint density at radius 3 is 2.50 bits per heavy atom. The third-order valence-corrected chi connectivity index (χ3v) is 5.44. The van der Waals surface area contributed by atoms with Gasteiger partial charge in [0.2, 0.25) is 5.91 Å². The van der Waals surface area contributed by atoms with E-state index in [1.165, 1.54) is 17.6 Å². The van der Waals surface area contributed by atoms with E-state index in [-0.39, 0.29) is 23.1 Å². The highest BCUT2D eigenvalue weighted by atomic mass is 32.2. The average molecular weight is 462 g/mol. The topological polar surface area (TPSA) is 76.9 Å². The summed E-state index contributed by atoms with van der Waals surface area (Å²) in [4.78, 5) is 23.5. The Morgan fingerprint density at radius 1 is 1.06 bits per heavy atom.